The summed E-state index contributed by atoms with van der Waals surface area (Å²) in [4.78, 5) is 36.3. The van der Waals surface area contributed by atoms with Crippen molar-refractivity contribution in [3.63, 3.8) is 0 Å². The molecule has 0 aliphatic heterocycles. The van der Waals surface area contributed by atoms with Gasteiger partial charge in [-0.25, -0.2) is 4.79 Å². The van der Waals surface area contributed by atoms with Crippen molar-refractivity contribution in [1.82, 2.24) is 0 Å². The van der Waals surface area contributed by atoms with E-state index in [4.69, 9.17) is 4.74 Å². The number of hydrogen-bond acceptors (Lipinski definition) is 6. The summed E-state index contributed by atoms with van der Waals surface area (Å²) in [6.45, 7) is 0.0403. The molecule has 0 unspecified atom stereocenters. The Balaban J connectivity index is 1.79. The van der Waals surface area contributed by atoms with Gasteiger partial charge in [-0.15, -0.1) is 0 Å². The smallest absolute Gasteiger partial charge is 0.339 e. The molecule has 7 heteroatoms. The highest BCUT2D eigenvalue weighted by atomic mass is 16.6. The second kappa shape index (κ2) is 9.98. The summed E-state index contributed by atoms with van der Waals surface area (Å²) >= 11 is 0. The van der Waals surface area contributed by atoms with Crippen LogP contribution in [0, 0.1) is 10.1 Å². The fourth-order valence-corrected chi connectivity index (χ4v) is 3.00. The number of ether oxygens (including phenoxy) is 1. The predicted molar refractivity (Wildman–Crippen MR) is 118 cm³/mol. The molecular weight excluding hydrogens is 396 g/mol. The number of benzene rings is 3. The van der Waals surface area contributed by atoms with Crippen molar-refractivity contribution in [2.75, 3.05) is 19.0 Å². The van der Waals surface area contributed by atoms with Crippen LogP contribution < -0.4 is 5.32 Å². The number of nitro benzene ring substituents is 1. The van der Waals surface area contributed by atoms with Crippen molar-refractivity contribution in [1.29, 1.82) is 0 Å². The van der Waals surface area contributed by atoms with Crippen LogP contribution in [0.5, 0.6) is 0 Å². The second-order valence-corrected chi connectivity index (χ2v) is 6.53. The molecule has 156 valence electrons. The molecule has 3 aromatic carbocycles. The summed E-state index contributed by atoms with van der Waals surface area (Å²) in [7, 11) is 1.56. The number of esters is 1. The SMILES string of the molecule is CNc1ccc(C(=O)c2ccccc2C(=O)OC/C=C/c2ccccc2)cc1[N+](=O)[O-]. The molecule has 3 rings (SSSR count). The van der Waals surface area contributed by atoms with E-state index in [-0.39, 0.29) is 29.0 Å². The number of nitrogens with zero attached hydrogens (tertiary/aromatic N) is 1. The highest BCUT2D eigenvalue weighted by Gasteiger charge is 2.22. The van der Waals surface area contributed by atoms with Gasteiger partial charge in [0.25, 0.3) is 5.69 Å². The zero-order valence-electron chi connectivity index (χ0n) is 16.8. The number of rotatable bonds is 8. The van der Waals surface area contributed by atoms with Gasteiger partial charge in [0.1, 0.15) is 12.3 Å². The molecule has 3 aromatic rings. The normalized spacial score (nSPS) is 10.6. The van der Waals surface area contributed by atoms with E-state index in [2.05, 4.69) is 5.32 Å². The molecule has 0 saturated heterocycles. The molecule has 0 aromatic heterocycles. The highest BCUT2D eigenvalue weighted by molar-refractivity contribution is 6.14. The number of nitrogens with one attached hydrogen (secondary N) is 1. The van der Waals surface area contributed by atoms with Gasteiger partial charge in [-0.05, 0) is 29.8 Å². The van der Waals surface area contributed by atoms with Crippen LogP contribution in [0.4, 0.5) is 11.4 Å². The zero-order chi connectivity index (χ0) is 22.2. The van der Waals surface area contributed by atoms with E-state index in [1.54, 1.807) is 25.3 Å². The molecule has 0 heterocycles. The Bertz CT molecular complexity index is 1140. The van der Waals surface area contributed by atoms with Crippen LogP contribution in [0.2, 0.25) is 0 Å². The molecule has 0 saturated carbocycles. The number of hydrogen-bond donors (Lipinski definition) is 1. The summed E-state index contributed by atoms with van der Waals surface area (Å²) in [6.07, 6.45) is 3.53. The lowest BCUT2D eigenvalue weighted by atomic mass is 9.97. The molecule has 0 atom stereocenters. The van der Waals surface area contributed by atoms with Gasteiger partial charge in [0.15, 0.2) is 5.78 Å². The minimum absolute atomic E-state index is 0.0403. The number of anilines is 1. The molecule has 31 heavy (non-hydrogen) atoms. The van der Waals surface area contributed by atoms with Crippen molar-refractivity contribution >= 4 is 29.2 Å². The predicted octanol–water partition coefficient (Wildman–Crippen LogP) is 4.74. The zero-order valence-corrected chi connectivity index (χ0v) is 16.8. The summed E-state index contributed by atoms with van der Waals surface area (Å²) in [5.41, 5.74) is 1.36. The van der Waals surface area contributed by atoms with Crippen molar-refractivity contribution in [3.05, 3.63) is 111 Å². The van der Waals surface area contributed by atoms with E-state index in [9.17, 15) is 19.7 Å². The highest BCUT2D eigenvalue weighted by Crippen LogP contribution is 2.27. The minimum Gasteiger partial charge on any atom is -0.458 e. The quantitative estimate of drug-likeness (QED) is 0.247. The lowest BCUT2D eigenvalue weighted by Gasteiger charge is -2.09. The van der Waals surface area contributed by atoms with E-state index < -0.39 is 16.7 Å². The first-order valence-corrected chi connectivity index (χ1v) is 9.50. The Morgan fingerprint density at radius 1 is 1.00 bits per heavy atom. The molecule has 0 bridgehead atoms. The van der Waals surface area contributed by atoms with Crippen molar-refractivity contribution in [3.8, 4) is 0 Å². The molecule has 0 spiro atoms. The van der Waals surface area contributed by atoms with E-state index >= 15 is 0 Å². The summed E-state index contributed by atoms with van der Waals surface area (Å²) in [5.74, 6) is -1.15. The van der Waals surface area contributed by atoms with E-state index in [0.29, 0.717) is 5.69 Å². The molecule has 0 amide bonds. The Morgan fingerprint density at radius 2 is 1.68 bits per heavy atom. The molecule has 0 radical (unpaired) electrons. The van der Waals surface area contributed by atoms with Crippen LogP contribution in [0.15, 0.2) is 78.9 Å². The van der Waals surface area contributed by atoms with E-state index in [1.807, 2.05) is 36.4 Å². The van der Waals surface area contributed by atoms with Crippen LogP contribution >= 0.6 is 0 Å². The van der Waals surface area contributed by atoms with Crippen LogP contribution in [-0.4, -0.2) is 30.3 Å². The van der Waals surface area contributed by atoms with Gasteiger partial charge in [-0.3, -0.25) is 14.9 Å². The maximum absolute atomic E-state index is 13.0. The number of nitro groups is 1. The Morgan fingerprint density at radius 3 is 2.35 bits per heavy atom. The van der Waals surface area contributed by atoms with Crippen LogP contribution in [-0.2, 0) is 4.74 Å². The summed E-state index contributed by atoms with van der Waals surface area (Å²) < 4.78 is 5.28. The number of carbonyl (C=O) groups excluding carboxylic acids is 2. The molecule has 7 nitrogen and oxygen atoms in total. The van der Waals surface area contributed by atoms with Gasteiger partial charge in [-0.1, -0.05) is 54.6 Å². The maximum Gasteiger partial charge on any atom is 0.339 e. The molecule has 0 aliphatic carbocycles. The van der Waals surface area contributed by atoms with Crippen molar-refractivity contribution in [2.45, 2.75) is 0 Å². The van der Waals surface area contributed by atoms with E-state index in [0.717, 1.165) is 5.56 Å². The molecule has 0 aliphatic rings. The lowest BCUT2D eigenvalue weighted by Crippen LogP contribution is -2.13. The molecule has 0 fully saturated rings. The summed E-state index contributed by atoms with van der Waals surface area (Å²) in [5, 5.41) is 14.0. The first kappa shape index (κ1) is 21.4. The van der Waals surface area contributed by atoms with Crippen molar-refractivity contribution < 1.29 is 19.2 Å². The average molecular weight is 416 g/mol. The Hall–Kier alpha value is -4.26. The van der Waals surface area contributed by atoms with Gasteiger partial charge < -0.3 is 10.1 Å². The number of ketones is 1. The fourth-order valence-electron chi connectivity index (χ4n) is 3.00. The minimum atomic E-state index is -0.650. The van der Waals surface area contributed by atoms with Crippen LogP contribution in [0.25, 0.3) is 6.08 Å². The third-order valence-electron chi connectivity index (χ3n) is 4.54. The number of carbonyl (C=O) groups is 2. The van der Waals surface area contributed by atoms with Gasteiger partial charge in [-0.2, -0.15) is 0 Å². The van der Waals surface area contributed by atoms with Gasteiger partial charge >= 0.3 is 5.97 Å². The van der Waals surface area contributed by atoms with Crippen LogP contribution in [0.3, 0.4) is 0 Å². The van der Waals surface area contributed by atoms with Gasteiger partial charge in [0.05, 0.1) is 10.5 Å². The van der Waals surface area contributed by atoms with Crippen LogP contribution in [0.1, 0.15) is 31.8 Å². The topological polar surface area (TPSA) is 98.5 Å². The van der Waals surface area contributed by atoms with E-state index in [1.165, 1.54) is 30.3 Å². The van der Waals surface area contributed by atoms with Gasteiger partial charge in [0.2, 0.25) is 0 Å². The lowest BCUT2D eigenvalue weighted by molar-refractivity contribution is -0.384. The molecule has 1 N–H and O–H groups in total. The fraction of sp³-hybridized carbons (Fsp3) is 0.0833. The Labute approximate surface area is 179 Å². The third-order valence-corrected chi connectivity index (χ3v) is 4.54. The van der Waals surface area contributed by atoms with Gasteiger partial charge in [0, 0.05) is 24.2 Å². The monoisotopic (exact) mass is 416 g/mol. The Kier molecular flexibility index (Phi) is 6.90. The molecular formula is C24H20N2O5. The third kappa shape index (κ3) is 5.22. The summed E-state index contributed by atoms with van der Waals surface area (Å²) in [6, 6.07) is 19.9. The van der Waals surface area contributed by atoms with Crippen molar-refractivity contribution in [2.24, 2.45) is 0 Å². The first-order chi connectivity index (χ1) is 15.0. The standard InChI is InChI=1S/C24H20N2O5/c1-25-21-14-13-18(16-22(21)26(29)30)23(27)19-11-5-6-12-20(19)24(28)31-15-7-10-17-8-3-2-4-9-17/h2-14,16,25H,15H2,1H3/b10-7+. The maximum atomic E-state index is 13.0. The second-order valence-electron chi connectivity index (χ2n) is 6.53. The average Bonchev–Trinajstić information content (AvgIpc) is 2.81. The first-order valence-electron chi connectivity index (χ1n) is 9.50. The largest absolute Gasteiger partial charge is 0.458 e.